The molecule has 1 fully saturated rings. The van der Waals surface area contributed by atoms with Gasteiger partial charge in [0.05, 0.1) is 18.8 Å². The van der Waals surface area contributed by atoms with E-state index in [1.807, 2.05) is 0 Å². The molecular formula is C23H23F3N2O4S. The molecule has 0 N–H and O–H groups in total. The lowest BCUT2D eigenvalue weighted by Crippen LogP contribution is -2.26. The Kier molecular flexibility index (Phi) is 8.01. The van der Waals surface area contributed by atoms with E-state index in [4.69, 9.17) is 9.47 Å². The first kappa shape index (κ1) is 24.6. The first-order chi connectivity index (χ1) is 15.7. The summed E-state index contributed by atoms with van der Waals surface area (Å²) >= 11 is 0.891. The van der Waals surface area contributed by atoms with Gasteiger partial charge in [-0.1, -0.05) is 30.0 Å². The highest BCUT2D eigenvalue weighted by Crippen LogP contribution is 2.41. The van der Waals surface area contributed by atoms with E-state index >= 15 is 0 Å². The molecule has 0 saturated heterocycles. The number of pyridine rings is 1. The Morgan fingerprint density at radius 3 is 2.18 bits per heavy atom. The fraction of sp³-hybridized carbons (Fsp3) is 0.348. The highest BCUT2D eigenvalue weighted by atomic mass is 32.2. The standard InChI is InChI=1S/C23H23F3N2O4S/c1-3-31-21(29)17(22(30)32-4-2)14-28(15-10-11-15)19-13-12-18(23(24,25)26)20(27-19)33-16-8-6-5-7-9-16/h5-9,12-15H,3-4,10-11H2,1-2H3. The normalized spacial score (nSPS) is 13.2. The monoisotopic (exact) mass is 480 g/mol. The number of esters is 2. The molecule has 3 rings (SSSR count). The Balaban J connectivity index is 2.05. The molecule has 0 bridgehead atoms. The van der Waals surface area contributed by atoms with E-state index in [1.165, 1.54) is 12.3 Å². The van der Waals surface area contributed by atoms with E-state index in [-0.39, 0.29) is 35.7 Å². The van der Waals surface area contributed by atoms with E-state index < -0.39 is 23.7 Å². The van der Waals surface area contributed by atoms with Gasteiger partial charge in [0.1, 0.15) is 10.8 Å². The number of nitrogens with zero attached hydrogens (tertiary/aromatic N) is 2. The molecule has 1 aromatic heterocycles. The number of carbonyl (C=O) groups excluding carboxylic acids is 2. The van der Waals surface area contributed by atoms with Crippen LogP contribution in [0.3, 0.4) is 0 Å². The molecule has 1 aliphatic carbocycles. The van der Waals surface area contributed by atoms with Crippen molar-refractivity contribution in [3.05, 3.63) is 59.8 Å². The minimum Gasteiger partial charge on any atom is -0.462 e. The topological polar surface area (TPSA) is 68.7 Å². The molecule has 33 heavy (non-hydrogen) atoms. The number of hydrogen-bond acceptors (Lipinski definition) is 7. The number of hydrogen-bond donors (Lipinski definition) is 0. The second kappa shape index (κ2) is 10.7. The largest absolute Gasteiger partial charge is 0.462 e. The van der Waals surface area contributed by atoms with Crippen molar-refractivity contribution in [2.75, 3.05) is 18.1 Å². The summed E-state index contributed by atoms with van der Waals surface area (Å²) in [6.07, 6.45) is -1.86. The van der Waals surface area contributed by atoms with Crippen LogP contribution in [-0.2, 0) is 25.2 Å². The molecule has 1 saturated carbocycles. The molecule has 1 aromatic carbocycles. The van der Waals surface area contributed by atoms with Gasteiger partial charge in [-0.15, -0.1) is 0 Å². The van der Waals surface area contributed by atoms with E-state index in [9.17, 15) is 22.8 Å². The van der Waals surface area contributed by atoms with E-state index in [2.05, 4.69) is 4.98 Å². The summed E-state index contributed by atoms with van der Waals surface area (Å²) in [5.74, 6) is -1.55. The number of carbonyl (C=O) groups is 2. The molecule has 0 atom stereocenters. The van der Waals surface area contributed by atoms with Crippen LogP contribution in [0.2, 0.25) is 0 Å². The molecule has 0 aliphatic heterocycles. The second-order valence-electron chi connectivity index (χ2n) is 7.06. The Labute approximate surface area is 193 Å². The van der Waals surface area contributed by atoms with Crippen LogP contribution in [0.5, 0.6) is 0 Å². The zero-order chi connectivity index (χ0) is 24.0. The van der Waals surface area contributed by atoms with E-state index in [0.29, 0.717) is 4.90 Å². The van der Waals surface area contributed by atoms with Gasteiger partial charge in [0.25, 0.3) is 0 Å². The van der Waals surface area contributed by atoms with Gasteiger partial charge in [-0.25, -0.2) is 14.6 Å². The summed E-state index contributed by atoms with van der Waals surface area (Å²) in [6.45, 7) is 3.30. The van der Waals surface area contributed by atoms with Crippen molar-refractivity contribution >= 4 is 29.5 Å². The maximum Gasteiger partial charge on any atom is 0.419 e. The third-order valence-corrected chi connectivity index (χ3v) is 5.58. The molecular weight excluding hydrogens is 457 g/mol. The zero-order valence-electron chi connectivity index (χ0n) is 18.1. The summed E-state index contributed by atoms with van der Waals surface area (Å²) in [4.78, 5) is 31.2. The second-order valence-corrected chi connectivity index (χ2v) is 8.12. The van der Waals surface area contributed by atoms with Gasteiger partial charge in [0, 0.05) is 17.1 Å². The Morgan fingerprint density at radius 2 is 1.67 bits per heavy atom. The third-order valence-electron chi connectivity index (χ3n) is 4.57. The molecule has 6 nitrogen and oxygen atoms in total. The SMILES string of the molecule is CCOC(=O)C(=CN(c1ccc(C(F)(F)F)c(Sc2ccccc2)n1)C1CC1)C(=O)OCC. The zero-order valence-corrected chi connectivity index (χ0v) is 18.9. The number of halogens is 3. The molecule has 0 spiro atoms. The molecule has 0 unspecified atom stereocenters. The molecule has 1 aliphatic rings. The molecule has 2 aromatic rings. The van der Waals surface area contributed by atoms with Crippen LogP contribution in [-0.4, -0.2) is 36.2 Å². The van der Waals surface area contributed by atoms with Gasteiger partial charge in [-0.05, 0) is 51.0 Å². The van der Waals surface area contributed by atoms with Crippen LogP contribution in [0.1, 0.15) is 32.3 Å². The van der Waals surface area contributed by atoms with Crippen molar-refractivity contribution in [3.8, 4) is 0 Å². The highest BCUT2D eigenvalue weighted by molar-refractivity contribution is 7.99. The predicted octanol–water partition coefficient (Wildman–Crippen LogP) is 5.23. The number of anilines is 1. The average Bonchev–Trinajstić information content (AvgIpc) is 3.60. The van der Waals surface area contributed by atoms with Crippen LogP contribution < -0.4 is 4.90 Å². The van der Waals surface area contributed by atoms with Gasteiger partial charge in [-0.2, -0.15) is 13.2 Å². The van der Waals surface area contributed by atoms with Crippen LogP contribution in [0.15, 0.2) is 64.2 Å². The van der Waals surface area contributed by atoms with Gasteiger partial charge >= 0.3 is 18.1 Å². The van der Waals surface area contributed by atoms with Crippen molar-refractivity contribution in [1.82, 2.24) is 4.98 Å². The first-order valence-corrected chi connectivity index (χ1v) is 11.2. The fourth-order valence-corrected chi connectivity index (χ4v) is 3.87. The van der Waals surface area contributed by atoms with Crippen molar-refractivity contribution < 1.29 is 32.2 Å². The van der Waals surface area contributed by atoms with Crippen LogP contribution in [0.4, 0.5) is 19.0 Å². The smallest absolute Gasteiger partial charge is 0.419 e. The van der Waals surface area contributed by atoms with Crippen molar-refractivity contribution in [1.29, 1.82) is 0 Å². The summed E-state index contributed by atoms with van der Waals surface area (Å²) < 4.78 is 50.9. The quantitative estimate of drug-likeness (QED) is 0.211. The summed E-state index contributed by atoms with van der Waals surface area (Å²) in [5.41, 5.74) is -1.21. The number of benzene rings is 1. The third kappa shape index (κ3) is 6.50. The predicted molar refractivity (Wildman–Crippen MR) is 117 cm³/mol. The summed E-state index contributed by atoms with van der Waals surface area (Å²) in [6, 6.07) is 10.7. The molecule has 1 heterocycles. The van der Waals surface area contributed by atoms with Crippen LogP contribution >= 0.6 is 11.8 Å². The number of aromatic nitrogens is 1. The van der Waals surface area contributed by atoms with Gasteiger partial charge in [0.2, 0.25) is 0 Å². The number of alkyl halides is 3. The number of ether oxygens (including phenoxy) is 2. The lowest BCUT2D eigenvalue weighted by Gasteiger charge is -2.22. The lowest BCUT2D eigenvalue weighted by molar-refractivity contribution is -0.146. The van der Waals surface area contributed by atoms with Crippen molar-refractivity contribution in [2.24, 2.45) is 0 Å². The van der Waals surface area contributed by atoms with Crippen molar-refractivity contribution in [3.63, 3.8) is 0 Å². The minimum atomic E-state index is -4.59. The Bertz CT molecular complexity index is 1000. The van der Waals surface area contributed by atoms with Crippen LogP contribution in [0, 0.1) is 0 Å². The summed E-state index contributed by atoms with van der Waals surface area (Å²) in [5, 5.41) is -0.223. The minimum absolute atomic E-state index is 0.0510. The molecule has 0 amide bonds. The highest BCUT2D eigenvalue weighted by Gasteiger charge is 2.37. The lowest BCUT2D eigenvalue weighted by atomic mass is 10.2. The Hall–Kier alpha value is -3.01. The molecule has 10 heteroatoms. The average molecular weight is 481 g/mol. The molecule has 0 radical (unpaired) electrons. The van der Waals surface area contributed by atoms with E-state index in [1.54, 1.807) is 49.1 Å². The fourth-order valence-electron chi connectivity index (χ4n) is 2.93. The molecule has 176 valence electrons. The van der Waals surface area contributed by atoms with Crippen molar-refractivity contribution in [2.45, 2.75) is 48.8 Å². The van der Waals surface area contributed by atoms with Gasteiger partial charge < -0.3 is 14.4 Å². The van der Waals surface area contributed by atoms with Crippen LogP contribution in [0.25, 0.3) is 0 Å². The maximum absolute atomic E-state index is 13.6. The summed E-state index contributed by atoms with van der Waals surface area (Å²) in [7, 11) is 0. The van der Waals surface area contributed by atoms with Gasteiger partial charge in [-0.3, -0.25) is 0 Å². The Morgan fingerprint density at radius 1 is 1.06 bits per heavy atom. The first-order valence-electron chi connectivity index (χ1n) is 10.4. The number of rotatable bonds is 9. The van der Waals surface area contributed by atoms with Gasteiger partial charge in [0.15, 0.2) is 5.57 Å². The maximum atomic E-state index is 13.6. The van der Waals surface area contributed by atoms with E-state index in [0.717, 1.165) is 30.7 Å².